The number of rotatable bonds is 6. The summed E-state index contributed by atoms with van der Waals surface area (Å²) in [5.74, 6) is -0.389. The molecule has 2 rings (SSSR count). The molecule has 2 N–H and O–H groups in total. The first kappa shape index (κ1) is 19.7. The molecule has 0 atom stereocenters. The highest BCUT2D eigenvalue weighted by atomic mass is 16.5. The Hall–Kier alpha value is -2.66. The Kier molecular flexibility index (Phi) is 6.52. The van der Waals surface area contributed by atoms with Gasteiger partial charge < -0.3 is 15.4 Å². The van der Waals surface area contributed by atoms with E-state index in [-0.39, 0.29) is 17.2 Å². The summed E-state index contributed by atoms with van der Waals surface area (Å²) in [6.45, 7) is 7.22. The summed E-state index contributed by atoms with van der Waals surface area (Å²) in [6.07, 6.45) is 0. The quantitative estimate of drug-likeness (QED) is 0.779. The predicted octanol–water partition coefficient (Wildman–Crippen LogP) is 3.61. The number of hydrogen-bond acceptors (Lipinski definition) is 3. The number of amides is 2. The van der Waals surface area contributed by atoms with Crippen LogP contribution in [0.25, 0.3) is 0 Å². The average Bonchev–Trinajstić information content (AvgIpc) is 2.61. The molecule has 0 aromatic heterocycles. The SMILES string of the molecule is COCCNC(=O)c1ccc(C(=O)Nc2ccccc2C(C)(C)C)cc1. The van der Waals surface area contributed by atoms with Crippen LogP contribution in [-0.4, -0.2) is 32.1 Å². The van der Waals surface area contributed by atoms with Gasteiger partial charge in [0.05, 0.1) is 6.61 Å². The first-order valence-electron chi connectivity index (χ1n) is 8.61. The lowest BCUT2D eigenvalue weighted by atomic mass is 9.86. The second-order valence-corrected chi connectivity index (χ2v) is 7.08. The normalized spacial score (nSPS) is 11.1. The average molecular weight is 354 g/mol. The molecule has 0 spiro atoms. The lowest BCUT2D eigenvalue weighted by Crippen LogP contribution is -2.27. The zero-order valence-corrected chi connectivity index (χ0v) is 15.8. The highest BCUT2D eigenvalue weighted by Gasteiger charge is 2.19. The number of hydrogen-bond donors (Lipinski definition) is 2. The van der Waals surface area contributed by atoms with E-state index in [1.165, 1.54) is 0 Å². The Morgan fingerprint density at radius 3 is 2.08 bits per heavy atom. The molecule has 2 amide bonds. The van der Waals surface area contributed by atoms with Gasteiger partial charge in [0, 0.05) is 30.5 Å². The van der Waals surface area contributed by atoms with Crippen LogP contribution in [-0.2, 0) is 10.2 Å². The molecule has 2 aromatic rings. The minimum absolute atomic E-state index is 0.0754. The molecule has 0 unspecified atom stereocenters. The highest BCUT2D eigenvalue weighted by Crippen LogP contribution is 2.29. The summed E-state index contributed by atoms with van der Waals surface area (Å²) in [5, 5.41) is 5.72. The minimum Gasteiger partial charge on any atom is -0.383 e. The van der Waals surface area contributed by atoms with Crippen LogP contribution in [0.4, 0.5) is 5.69 Å². The number of ether oxygens (including phenoxy) is 1. The van der Waals surface area contributed by atoms with Gasteiger partial charge in [-0.3, -0.25) is 9.59 Å². The molecular weight excluding hydrogens is 328 g/mol. The van der Waals surface area contributed by atoms with Gasteiger partial charge in [-0.2, -0.15) is 0 Å². The molecule has 5 heteroatoms. The van der Waals surface area contributed by atoms with E-state index in [9.17, 15) is 9.59 Å². The zero-order valence-electron chi connectivity index (χ0n) is 15.8. The lowest BCUT2D eigenvalue weighted by molar-refractivity contribution is 0.0935. The highest BCUT2D eigenvalue weighted by molar-refractivity contribution is 6.05. The number of carbonyl (C=O) groups is 2. The smallest absolute Gasteiger partial charge is 0.255 e. The fourth-order valence-electron chi connectivity index (χ4n) is 2.58. The summed E-state index contributed by atoms with van der Waals surface area (Å²) in [5.41, 5.74) is 2.80. The number of anilines is 1. The van der Waals surface area contributed by atoms with Gasteiger partial charge in [0.2, 0.25) is 0 Å². The van der Waals surface area contributed by atoms with E-state index in [1.54, 1.807) is 31.4 Å². The predicted molar refractivity (Wildman–Crippen MR) is 104 cm³/mol. The molecule has 0 bridgehead atoms. The van der Waals surface area contributed by atoms with Crippen molar-refractivity contribution in [1.82, 2.24) is 5.32 Å². The molecule has 138 valence electrons. The third kappa shape index (κ3) is 5.17. The van der Waals surface area contributed by atoms with Gasteiger partial charge in [-0.05, 0) is 41.3 Å². The first-order valence-corrected chi connectivity index (χ1v) is 8.61. The molecule has 2 aromatic carbocycles. The van der Waals surface area contributed by atoms with Crippen molar-refractivity contribution in [2.75, 3.05) is 25.6 Å². The van der Waals surface area contributed by atoms with E-state index < -0.39 is 0 Å². The van der Waals surface area contributed by atoms with Crippen molar-refractivity contribution in [3.05, 3.63) is 65.2 Å². The monoisotopic (exact) mass is 354 g/mol. The van der Waals surface area contributed by atoms with Crippen molar-refractivity contribution in [2.45, 2.75) is 26.2 Å². The number of para-hydroxylation sites is 1. The molecule has 0 saturated heterocycles. The maximum Gasteiger partial charge on any atom is 0.255 e. The number of methoxy groups -OCH3 is 1. The van der Waals surface area contributed by atoms with Crippen molar-refractivity contribution >= 4 is 17.5 Å². The zero-order chi connectivity index (χ0) is 19.2. The van der Waals surface area contributed by atoms with Crippen molar-refractivity contribution in [3.63, 3.8) is 0 Å². The van der Waals surface area contributed by atoms with Crippen LogP contribution < -0.4 is 10.6 Å². The van der Waals surface area contributed by atoms with Crippen LogP contribution in [0, 0.1) is 0 Å². The second-order valence-electron chi connectivity index (χ2n) is 7.08. The molecule has 0 radical (unpaired) electrons. The molecule has 0 fully saturated rings. The van der Waals surface area contributed by atoms with E-state index in [4.69, 9.17) is 4.74 Å². The first-order chi connectivity index (χ1) is 12.3. The summed E-state index contributed by atoms with van der Waals surface area (Å²) in [4.78, 5) is 24.5. The number of nitrogens with one attached hydrogen (secondary N) is 2. The maximum atomic E-state index is 12.6. The molecule has 0 saturated carbocycles. The van der Waals surface area contributed by atoms with Crippen molar-refractivity contribution in [2.24, 2.45) is 0 Å². The summed E-state index contributed by atoms with van der Waals surface area (Å²) in [7, 11) is 1.58. The third-order valence-electron chi connectivity index (χ3n) is 3.98. The molecule has 0 aliphatic rings. The van der Waals surface area contributed by atoms with Gasteiger partial charge in [0.1, 0.15) is 0 Å². The summed E-state index contributed by atoms with van der Waals surface area (Å²) >= 11 is 0. The Morgan fingerprint density at radius 1 is 0.923 bits per heavy atom. The van der Waals surface area contributed by atoms with Crippen LogP contribution in [0.2, 0.25) is 0 Å². The minimum atomic E-state index is -0.201. The van der Waals surface area contributed by atoms with Gasteiger partial charge in [0.25, 0.3) is 11.8 Å². The molecule has 26 heavy (non-hydrogen) atoms. The Labute approximate surface area is 154 Å². The van der Waals surface area contributed by atoms with E-state index in [0.29, 0.717) is 24.3 Å². The molecule has 0 aliphatic carbocycles. The fraction of sp³-hybridized carbons (Fsp3) is 0.333. The van der Waals surface area contributed by atoms with Gasteiger partial charge in [0.15, 0.2) is 0 Å². The van der Waals surface area contributed by atoms with E-state index in [1.807, 2.05) is 24.3 Å². The molecule has 0 aliphatic heterocycles. The molecular formula is C21H26N2O3. The Balaban J connectivity index is 2.08. The van der Waals surface area contributed by atoms with E-state index in [0.717, 1.165) is 11.3 Å². The van der Waals surface area contributed by atoms with Crippen molar-refractivity contribution < 1.29 is 14.3 Å². The van der Waals surface area contributed by atoms with Crippen molar-refractivity contribution in [1.29, 1.82) is 0 Å². The standard InChI is InChI=1S/C21H26N2O3/c1-21(2,3)17-7-5-6-8-18(17)23-20(25)16-11-9-15(10-12-16)19(24)22-13-14-26-4/h5-12H,13-14H2,1-4H3,(H,22,24)(H,23,25). The van der Waals surface area contributed by atoms with E-state index in [2.05, 4.69) is 31.4 Å². The molecule has 5 nitrogen and oxygen atoms in total. The topological polar surface area (TPSA) is 67.4 Å². The largest absolute Gasteiger partial charge is 0.383 e. The Morgan fingerprint density at radius 2 is 1.50 bits per heavy atom. The van der Waals surface area contributed by atoms with E-state index >= 15 is 0 Å². The lowest BCUT2D eigenvalue weighted by Gasteiger charge is -2.23. The maximum absolute atomic E-state index is 12.6. The second kappa shape index (κ2) is 8.63. The van der Waals surface area contributed by atoms with Gasteiger partial charge in [-0.1, -0.05) is 39.0 Å². The van der Waals surface area contributed by atoms with Crippen LogP contribution in [0.3, 0.4) is 0 Å². The third-order valence-corrected chi connectivity index (χ3v) is 3.98. The fourth-order valence-corrected chi connectivity index (χ4v) is 2.58. The van der Waals surface area contributed by atoms with Gasteiger partial charge >= 0.3 is 0 Å². The number of carbonyl (C=O) groups excluding carboxylic acids is 2. The van der Waals surface area contributed by atoms with Crippen LogP contribution >= 0.6 is 0 Å². The van der Waals surface area contributed by atoms with Gasteiger partial charge in [-0.15, -0.1) is 0 Å². The summed E-state index contributed by atoms with van der Waals surface area (Å²) < 4.78 is 4.90. The van der Waals surface area contributed by atoms with Crippen LogP contribution in [0.1, 0.15) is 47.1 Å². The van der Waals surface area contributed by atoms with Gasteiger partial charge in [-0.25, -0.2) is 0 Å². The van der Waals surface area contributed by atoms with Crippen LogP contribution in [0.15, 0.2) is 48.5 Å². The molecule has 0 heterocycles. The summed E-state index contributed by atoms with van der Waals surface area (Å²) in [6, 6.07) is 14.4. The van der Waals surface area contributed by atoms with Crippen LogP contribution in [0.5, 0.6) is 0 Å². The Bertz CT molecular complexity index is 762. The number of benzene rings is 2. The van der Waals surface area contributed by atoms with Crippen molar-refractivity contribution in [3.8, 4) is 0 Å².